The Morgan fingerprint density at radius 3 is 2.55 bits per heavy atom. The molecular formula is C17H14N4O. The van der Waals surface area contributed by atoms with Crippen molar-refractivity contribution in [2.45, 2.75) is 19.9 Å². The first kappa shape index (κ1) is 14.0. The summed E-state index contributed by atoms with van der Waals surface area (Å²) in [5, 5.41) is 9.36. The minimum atomic E-state index is -0.684. The number of aromatic nitrogens is 2. The zero-order valence-corrected chi connectivity index (χ0v) is 12.3. The standard InChI is InChI=1S/C17H14N4O/c1-11-12(2)20-16-15(19-11)9-8-14(10-18)21(16)17(22)13-6-4-3-5-7-13/h3-9,14H,1-2H3. The van der Waals surface area contributed by atoms with Crippen molar-refractivity contribution in [1.29, 1.82) is 5.26 Å². The first-order valence-electron chi connectivity index (χ1n) is 6.93. The Morgan fingerprint density at radius 1 is 1.18 bits per heavy atom. The average molecular weight is 290 g/mol. The van der Waals surface area contributed by atoms with Gasteiger partial charge in [0.25, 0.3) is 5.91 Å². The van der Waals surface area contributed by atoms with Crippen LogP contribution in [0.1, 0.15) is 27.4 Å². The lowest BCUT2D eigenvalue weighted by Gasteiger charge is -2.29. The molecule has 1 amide bonds. The Bertz CT molecular complexity index is 805. The van der Waals surface area contributed by atoms with Crippen LogP contribution >= 0.6 is 0 Å². The van der Waals surface area contributed by atoms with Crippen LogP contribution in [0.4, 0.5) is 5.82 Å². The third-order valence-corrected chi connectivity index (χ3v) is 3.63. The Balaban J connectivity index is 2.13. The molecule has 0 fully saturated rings. The molecule has 1 aliphatic rings. The molecule has 1 aliphatic heterocycles. The molecule has 0 N–H and O–H groups in total. The first-order valence-corrected chi connectivity index (χ1v) is 6.93. The molecule has 3 rings (SSSR count). The topological polar surface area (TPSA) is 69.9 Å². The fraction of sp³-hybridized carbons (Fsp3) is 0.176. The summed E-state index contributed by atoms with van der Waals surface area (Å²) >= 11 is 0. The van der Waals surface area contributed by atoms with Gasteiger partial charge in [-0.1, -0.05) is 18.2 Å². The maximum Gasteiger partial charge on any atom is 0.260 e. The molecule has 1 atom stereocenters. The quantitative estimate of drug-likeness (QED) is 0.809. The number of aryl methyl sites for hydroxylation is 2. The minimum Gasteiger partial charge on any atom is -0.270 e. The lowest BCUT2D eigenvalue weighted by atomic mass is 10.1. The lowest BCUT2D eigenvalue weighted by molar-refractivity contribution is 0.0984. The molecule has 1 aromatic carbocycles. The Hall–Kier alpha value is -3.00. The molecule has 0 saturated heterocycles. The molecule has 108 valence electrons. The molecule has 2 aromatic rings. The monoisotopic (exact) mass is 290 g/mol. The van der Waals surface area contributed by atoms with Crippen molar-refractivity contribution in [3.63, 3.8) is 0 Å². The molecule has 0 radical (unpaired) electrons. The summed E-state index contributed by atoms with van der Waals surface area (Å²) < 4.78 is 0. The van der Waals surface area contributed by atoms with E-state index in [1.807, 2.05) is 19.9 Å². The highest BCUT2D eigenvalue weighted by Gasteiger charge is 2.31. The third-order valence-electron chi connectivity index (χ3n) is 3.63. The highest BCUT2D eigenvalue weighted by atomic mass is 16.2. The molecule has 1 aromatic heterocycles. The molecule has 1 unspecified atom stereocenters. The fourth-order valence-corrected chi connectivity index (χ4v) is 2.34. The van der Waals surface area contributed by atoms with Gasteiger partial charge in [0.15, 0.2) is 5.82 Å². The van der Waals surface area contributed by atoms with Crippen LogP contribution in [0.2, 0.25) is 0 Å². The molecule has 22 heavy (non-hydrogen) atoms. The number of carbonyl (C=O) groups excluding carboxylic acids is 1. The Kier molecular flexibility index (Phi) is 3.43. The summed E-state index contributed by atoms with van der Waals surface area (Å²) in [5.41, 5.74) is 2.69. The van der Waals surface area contributed by atoms with E-state index in [-0.39, 0.29) is 5.91 Å². The van der Waals surface area contributed by atoms with Gasteiger partial charge in [-0.05, 0) is 38.1 Å². The van der Waals surface area contributed by atoms with Crippen LogP contribution in [0.5, 0.6) is 0 Å². The van der Waals surface area contributed by atoms with Crippen LogP contribution < -0.4 is 4.90 Å². The fourth-order valence-electron chi connectivity index (χ4n) is 2.34. The number of carbonyl (C=O) groups is 1. The van der Waals surface area contributed by atoms with E-state index in [9.17, 15) is 10.1 Å². The summed E-state index contributed by atoms with van der Waals surface area (Å²) in [6.07, 6.45) is 3.42. The number of hydrogen-bond donors (Lipinski definition) is 0. The lowest BCUT2D eigenvalue weighted by Crippen LogP contribution is -2.41. The van der Waals surface area contributed by atoms with Gasteiger partial charge in [0, 0.05) is 5.56 Å². The van der Waals surface area contributed by atoms with E-state index in [4.69, 9.17) is 0 Å². The van der Waals surface area contributed by atoms with Gasteiger partial charge in [-0.3, -0.25) is 9.69 Å². The van der Waals surface area contributed by atoms with Crippen LogP contribution in [0, 0.1) is 25.2 Å². The summed E-state index contributed by atoms with van der Waals surface area (Å²) in [7, 11) is 0. The van der Waals surface area contributed by atoms with E-state index in [1.54, 1.807) is 36.4 Å². The van der Waals surface area contributed by atoms with Gasteiger partial charge in [0.1, 0.15) is 11.7 Å². The number of hydrogen-bond acceptors (Lipinski definition) is 4. The summed E-state index contributed by atoms with van der Waals surface area (Å²) in [6, 6.07) is 10.3. The number of fused-ring (bicyclic) bond motifs is 1. The van der Waals surface area contributed by atoms with Crippen molar-refractivity contribution in [1.82, 2.24) is 9.97 Å². The third kappa shape index (κ3) is 2.25. The predicted octanol–water partition coefficient (Wildman–Crippen LogP) is 2.66. The van der Waals surface area contributed by atoms with Crippen molar-refractivity contribution >= 4 is 17.8 Å². The van der Waals surface area contributed by atoms with Crippen LogP contribution in [-0.4, -0.2) is 21.9 Å². The molecule has 0 aliphatic carbocycles. The van der Waals surface area contributed by atoms with Gasteiger partial charge >= 0.3 is 0 Å². The van der Waals surface area contributed by atoms with Crippen molar-refractivity contribution in [3.8, 4) is 6.07 Å². The molecule has 5 nitrogen and oxygen atoms in total. The van der Waals surface area contributed by atoms with E-state index >= 15 is 0 Å². The van der Waals surface area contributed by atoms with Gasteiger partial charge in [0.2, 0.25) is 0 Å². The number of nitrogens with zero attached hydrogens (tertiary/aromatic N) is 4. The summed E-state index contributed by atoms with van der Waals surface area (Å²) in [6.45, 7) is 3.71. The SMILES string of the molecule is Cc1nc2c(nc1C)N(C(=O)c1ccccc1)C(C#N)C=C2. The van der Waals surface area contributed by atoms with Gasteiger partial charge in [0.05, 0.1) is 17.5 Å². The van der Waals surface area contributed by atoms with E-state index in [2.05, 4.69) is 16.0 Å². The molecule has 0 saturated carbocycles. The number of benzene rings is 1. The average Bonchev–Trinajstić information content (AvgIpc) is 2.55. The van der Waals surface area contributed by atoms with Gasteiger partial charge in [-0.25, -0.2) is 9.97 Å². The van der Waals surface area contributed by atoms with Crippen LogP contribution in [0.25, 0.3) is 6.08 Å². The molecule has 2 heterocycles. The van der Waals surface area contributed by atoms with Crippen molar-refractivity contribution in [2.75, 3.05) is 4.90 Å². The van der Waals surface area contributed by atoms with Gasteiger partial charge in [-0.15, -0.1) is 0 Å². The van der Waals surface area contributed by atoms with Gasteiger partial charge < -0.3 is 0 Å². The van der Waals surface area contributed by atoms with E-state index in [0.29, 0.717) is 17.1 Å². The van der Waals surface area contributed by atoms with Crippen molar-refractivity contribution in [2.24, 2.45) is 0 Å². The predicted molar refractivity (Wildman–Crippen MR) is 83.2 cm³/mol. The highest BCUT2D eigenvalue weighted by Crippen LogP contribution is 2.28. The van der Waals surface area contributed by atoms with Crippen LogP contribution in [-0.2, 0) is 0 Å². The minimum absolute atomic E-state index is 0.254. The van der Waals surface area contributed by atoms with Crippen LogP contribution in [0.3, 0.4) is 0 Å². The maximum atomic E-state index is 12.8. The van der Waals surface area contributed by atoms with Crippen molar-refractivity contribution < 1.29 is 4.79 Å². The number of nitriles is 1. The second kappa shape index (κ2) is 5.41. The Morgan fingerprint density at radius 2 is 1.86 bits per heavy atom. The second-order valence-electron chi connectivity index (χ2n) is 5.08. The number of amides is 1. The second-order valence-corrected chi connectivity index (χ2v) is 5.08. The highest BCUT2D eigenvalue weighted by molar-refractivity contribution is 6.08. The molecule has 5 heteroatoms. The van der Waals surface area contributed by atoms with Crippen LogP contribution in [0.15, 0.2) is 36.4 Å². The summed E-state index contributed by atoms with van der Waals surface area (Å²) in [4.78, 5) is 23.1. The van der Waals surface area contributed by atoms with E-state index < -0.39 is 6.04 Å². The smallest absolute Gasteiger partial charge is 0.260 e. The molecular weight excluding hydrogens is 276 g/mol. The normalized spacial score (nSPS) is 16.0. The molecule has 0 bridgehead atoms. The van der Waals surface area contributed by atoms with E-state index in [0.717, 1.165) is 11.4 Å². The zero-order valence-electron chi connectivity index (χ0n) is 12.3. The maximum absolute atomic E-state index is 12.8. The molecule has 0 spiro atoms. The number of anilines is 1. The number of rotatable bonds is 1. The largest absolute Gasteiger partial charge is 0.270 e. The Labute approximate surface area is 128 Å². The summed E-state index contributed by atoms with van der Waals surface area (Å²) in [5.74, 6) is 0.182. The van der Waals surface area contributed by atoms with E-state index in [1.165, 1.54) is 4.90 Å². The first-order chi connectivity index (χ1) is 10.6. The zero-order chi connectivity index (χ0) is 15.7. The van der Waals surface area contributed by atoms with Gasteiger partial charge in [-0.2, -0.15) is 5.26 Å². The van der Waals surface area contributed by atoms with Crippen molar-refractivity contribution in [3.05, 3.63) is 59.1 Å².